The first-order valence-corrected chi connectivity index (χ1v) is 3.51. The Hall–Kier alpha value is -0.570. The van der Waals surface area contributed by atoms with Crippen molar-refractivity contribution in [2.24, 2.45) is 5.92 Å². The quantitative estimate of drug-likeness (QED) is 0.592. The number of nitrogens with one attached hydrogen (secondary N) is 1. The third-order valence-corrected chi connectivity index (χ3v) is 1.67. The Bertz CT molecular complexity index is 169. The number of hydrogen-bond acceptors (Lipinski definition) is 2. The minimum atomic E-state index is -0.360. The second kappa shape index (κ2) is 3.01. The summed E-state index contributed by atoms with van der Waals surface area (Å²) in [6.07, 6.45) is 0.749. The van der Waals surface area contributed by atoms with Crippen LogP contribution in [0.2, 0.25) is 0 Å². The van der Waals surface area contributed by atoms with Gasteiger partial charge in [0.1, 0.15) is 0 Å². The highest BCUT2D eigenvalue weighted by Gasteiger charge is 2.22. The van der Waals surface area contributed by atoms with Gasteiger partial charge in [-0.15, -0.1) is 0 Å². The van der Waals surface area contributed by atoms with Crippen molar-refractivity contribution >= 4 is 22.8 Å². The zero-order valence-corrected chi connectivity index (χ0v) is 6.15. The Kier molecular flexibility index (Phi) is 2.27. The number of rotatable bonds is 2. The Morgan fingerprint density at radius 1 is 1.80 bits per heavy atom. The molecule has 1 fully saturated rings. The molecule has 0 aromatic carbocycles. The molecule has 56 valence electrons. The number of hydrogen-bond donors (Lipinski definition) is 1. The van der Waals surface area contributed by atoms with Crippen molar-refractivity contribution in [3.05, 3.63) is 0 Å². The second-order valence-corrected chi connectivity index (χ2v) is 2.86. The molecule has 0 aromatic heterocycles. The summed E-state index contributed by atoms with van der Waals surface area (Å²) in [5.41, 5.74) is 0. The average molecular weight is 162 g/mol. The molecule has 1 aliphatic heterocycles. The lowest BCUT2D eigenvalue weighted by Crippen LogP contribution is -2.14. The standard InChI is InChI=1S/C6H8ClNO2/c7-5(9)1-4-2-6(10)8-3-4/h4H,1-3H2,(H,8,10)/t4-/m1/s1. The molecule has 0 aliphatic carbocycles. The molecule has 1 rings (SSSR count). The summed E-state index contributed by atoms with van der Waals surface area (Å²) in [6.45, 7) is 0.595. The normalized spacial score (nSPS) is 24.5. The van der Waals surface area contributed by atoms with Gasteiger partial charge in [0, 0.05) is 19.4 Å². The van der Waals surface area contributed by atoms with Crippen LogP contribution in [0.3, 0.4) is 0 Å². The van der Waals surface area contributed by atoms with Crippen LogP contribution in [0.1, 0.15) is 12.8 Å². The Morgan fingerprint density at radius 2 is 2.50 bits per heavy atom. The molecule has 0 radical (unpaired) electrons. The van der Waals surface area contributed by atoms with Crippen LogP contribution in [0.15, 0.2) is 0 Å². The van der Waals surface area contributed by atoms with Crippen molar-refractivity contribution in [1.29, 1.82) is 0 Å². The van der Waals surface area contributed by atoms with Crippen LogP contribution in [0.4, 0.5) is 0 Å². The molecule has 0 spiro atoms. The van der Waals surface area contributed by atoms with Crippen LogP contribution in [0.25, 0.3) is 0 Å². The van der Waals surface area contributed by atoms with Gasteiger partial charge in [-0.05, 0) is 17.5 Å². The first-order chi connectivity index (χ1) is 4.68. The van der Waals surface area contributed by atoms with Crippen molar-refractivity contribution in [2.75, 3.05) is 6.54 Å². The van der Waals surface area contributed by atoms with Gasteiger partial charge in [0.15, 0.2) is 0 Å². The van der Waals surface area contributed by atoms with E-state index in [1.54, 1.807) is 0 Å². The molecule has 1 amide bonds. The third kappa shape index (κ3) is 1.99. The molecule has 0 unspecified atom stereocenters. The fourth-order valence-electron chi connectivity index (χ4n) is 1.04. The van der Waals surface area contributed by atoms with Gasteiger partial charge in [-0.3, -0.25) is 9.59 Å². The second-order valence-electron chi connectivity index (χ2n) is 2.43. The van der Waals surface area contributed by atoms with E-state index in [0.717, 1.165) is 0 Å². The lowest BCUT2D eigenvalue weighted by atomic mass is 10.1. The van der Waals surface area contributed by atoms with Gasteiger partial charge in [-0.2, -0.15) is 0 Å². The van der Waals surface area contributed by atoms with Gasteiger partial charge in [0.05, 0.1) is 0 Å². The molecule has 1 heterocycles. The number of carbonyl (C=O) groups excluding carboxylic acids is 2. The van der Waals surface area contributed by atoms with E-state index >= 15 is 0 Å². The average Bonchev–Trinajstić information content (AvgIpc) is 2.13. The summed E-state index contributed by atoms with van der Waals surface area (Å²) in [4.78, 5) is 20.9. The Labute approximate surface area is 63.7 Å². The van der Waals surface area contributed by atoms with E-state index in [1.807, 2.05) is 0 Å². The molecule has 1 saturated heterocycles. The van der Waals surface area contributed by atoms with Crippen LogP contribution >= 0.6 is 11.6 Å². The molecule has 0 aromatic rings. The number of carbonyl (C=O) groups is 2. The maximum atomic E-state index is 10.6. The van der Waals surface area contributed by atoms with Crippen molar-refractivity contribution in [3.63, 3.8) is 0 Å². The van der Waals surface area contributed by atoms with Crippen molar-refractivity contribution in [2.45, 2.75) is 12.8 Å². The SMILES string of the molecule is O=C(Cl)C[C@H]1CNC(=O)C1. The fourth-order valence-corrected chi connectivity index (χ4v) is 1.25. The molecule has 1 aliphatic rings. The molecule has 0 saturated carbocycles. The van der Waals surface area contributed by atoms with Crippen molar-refractivity contribution < 1.29 is 9.59 Å². The first-order valence-electron chi connectivity index (χ1n) is 3.13. The summed E-state index contributed by atoms with van der Waals surface area (Å²) in [5, 5.41) is 2.27. The molecule has 3 nitrogen and oxygen atoms in total. The Balaban J connectivity index is 2.31. The molecular weight excluding hydrogens is 154 g/mol. The van der Waals surface area contributed by atoms with Gasteiger partial charge in [-0.25, -0.2) is 0 Å². The monoisotopic (exact) mass is 161 g/mol. The highest BCUT2D eigenvalue weighted by Crippen LogP contribution is 2.14. The number of amides is 1. The van der Waals surface area contributed by atoms with Crippen LogP contribution < -0.4 is 5.32 Å². The van der Waals surface area contributed by atoms with Crippen LogP contribution in [-0.4, -0.2) is 17.7 Å². The summed E-state index contributed by atoms with van der Waals surface area (Å²) < 4.78 is 0. The minimum absolute atomic E-state index is 0.0166. The van der Waals surface area contributed by atoms with E-state index in [-0.39, 0.29) is 17.1 Å². The highest BCUT2D eigenvalue weighted by molar-refractivity contribution is 6.63. The summed E-state index contributed by atoms with van der Waals surface area (Å²) >= 11 is 5.13. The molecule has 1 atom stereocenters. The van der Waals surface area contributed by atoms with E-state index in [4.69, 9.17) is 11.6 Å². The van der Waals surface area contributed by atoms with E-state index in [9.17, 15) is 9.59 Å². The molecule has 0 bridgehead atoms. The molecular formula is C6H8ClNO2. The van der Waals surface area contributed by atoms with Gasteiger partial charge in [0.2, 0.25) is 11.1 Å². The van der Waals surface area contributed by atoms with E-state index < -0.39 is 0 Å². The van der Waals surface area contributed by atoms with Crippen molar-refractivity contribution in [1.82, 2.24) is 5.32 Å². The van der Waals surface area contributed by atoms with E-state index in [0.29, 0.717) is 19.4 Å². The van der Waals surface area contributed by atoms with Crippen LogP contribution in [-0.2, 0) is 9.59 Å². The predicted octanol–water partition coefficient (Wildman–Crippen LogP) is 0.278. The van der Waals surface area contributed by atoms with Crippen molar-refractivity contribution in [3.8, 4) is 0 Å². The molecule has 4 heteroatoms. The van der Waals surface area contributed by atoms with Gasteiger partial charge >= 0.3 is 0 Å². The zero-order valence-electron chi connectivity index (χ0n) is 5.39. The minimum Gasteiger partial charge on any atom is -0.356 e. The van der Waals surface area contributed by atoms with Crippen LogP contribution in [0.5, 0.6) is 0 Å². The highest BCUT2D eigenvalue weighted by atomic mass is 35.5. The van der Waals surface area contributed by atoms with E-state index in [2.05, 4.69) is 5.32 Å². The molecule has 1 N–H and O–H groups in total. The van der Waals surface area contributed by atoms with Gasteiger partial charge in [-0.1, -0.05) is 0 Å². The Morgan fingerprint density at radius 3 is 2.90 bits per heavy atom. The largest absolute Gasteiger partial charge is 0.356 e. The maximum absolute atomic E-state index is 10.6. The summed E-state index contributed by atoms with van der Waals surface area (Å²) in [5.74, 6) is 0.139. The van der Waals surface area contributed by atoms with Gasteiger partial charge < -0.3 is 5.32 Å². The zero-order chi connectivity index (χ0) is 7.56. The smallest absolute Gasteiger partial charge is 0.221 e. The predicted molar refractivity (Wildman–Crippen MR) is 36.6 cm³/mol. The first kappa shape index (κ1) is 7.54. The van der Waals surface area contributed by atoms with Gasteiger partial charge in [0.25, 0.3) is 0 Å². The van der Waals surface area contributed by atoms with Crippen LogP contribution in [0, 0.1) is 5.92 Å². The summed E-state index contributed by atoms with van der Waals surface area (Å²) in [6, 6.07) is 0. The molecule has 10 heavy (non-hydrogen) atoms. The topological polar surface area (TPSA) is 46.2 Å². The van der Waals surface area contributed by atoms with E-state index in [1.165, 1.54) is 0 Å². The number of halogens is 1. The third-order valence-electron chi connectivity index (χ3n) is 1.51. The fraction of sp³-hybridized carbons (Fsp3) is 0.667. The lowest BCUT2D eigenvalue weighted by molar-refractivity contribution is -0.119. The summed E-state index contributed by atoms with van der Waals surface area (Å²) in [7, 11) is 0. The lowest BCUT2D eigenvalue weighted by Gasteiger charge is -1.99. The maximum Gasteiger partial charge on any atom is 0.221 e.